The van der Waals surface area contributed by atoms with Crippen molar-refractivity contribution < 1.29 is 19.0 Å². The molecule has 0 heterocycles. The predicted molar refractivity (Wildman–Crippen MR) is 77.5 cm³/mol. The first-order valence-corrected chi connectivity index (χ1v) is 6.77. The molecule has 1 unspecified atom stereocenters. The summed E-state index contributed by atoms with van der Waals surface area (Å²) in [4.78, 5) is 13.6. The van der Waals surface area contributed by atoms with Crippen LogP contribution in [-0.2, 0) is 4.79 Å². The fourth-order valence-corrected chi connectivity index (χ4v) is 2.14. The molecular weight excluding hydrogens is 273 g/mol. The van der Waals surface area contributed by atoms with Crippen molar-refractivity contribution in [1.29, 1.82) is 0 Å². The van der Waals surface area contributed by atoms with Crippen molar-refractivity contribution in [3.63, 3.8) is 0 Å². The fourth-order valence-electron chi connectivity index (χ4n) is 2.14. The van der Waals surface area contributed by atoms with Crippen molar-refractivity contribution in [2.45, 2.75) is 25.9 Å². The number of allylic oxidation sites excluding steroid dienone is 4. The van der Waals surface area contributed by atoms with Gasteiger partial charge >= 0.3 is 0 Å². The molecule has 1 aliphatic carbocycles. The molecule has 1 N–H and O–H groups in total. The van der Waals surface area contributed by atoms with E-state index in [2.05, 4.69) is 0 Å². The number of hydrogen-bond acceptors (Lipinski definition) is 3. The summed E-state index contributed by atoms with van der Waals surface area (Å²) in [7, 11) is 1.55. The minimum absolute atomic E-state index is 0.125. The number of phenols is 1. The van der Waals surface area contributed by atoms with E-state index in [9.17, 15) is 14.3 Å². The molecule has 21 heavy (non-hydrogen) atoms. The van der Waals surface area contributed by atoms with Gasteiger partial charge in [0.1, 0.15) is 17.3 Å². The Kier molecular flexibility index (Phi) is 4.62. The summed E-state index contributed by atoms with van der Waals surface area (Å²) in [6.07, 6.45) is 3.59. The third-order valence-corrected chi connectivity index (χ3v) is 3.32. The molecule has 1 aromatic carbocycles. The number of amides is 1. The number of rotatable bonds is 4. The van der Waals surface area contributed by atoms with Gasteiger partial charge in [0.25, 0.3) is 5.91 Å². The second-order valence-corrected chi connectivity index (χ2v) is 4.89. The maximum Gasteiger partial charge on any atom is 0.267 e. The number of aromatic hydroxyl groups is 1. The lowest BCUT2D eigenvalue weighted by atomic mass is 10.1. The van der Waals surface area contributed by atoms with Crippen molar-refractivity contribution >= 4 is 5.91 Å². The fraction of sp³-hybridized carbons (Fsp3) is 0.312. The lowest BCUT2D eigenvalue weighted by Crippen LogP contribution is -2.38. The van der Waals surface area contributed by atoms with Gasteiger partial charge in [-0.3, -0.25) is 4.79 Å². The molecule has 5 heteroatoms. The summed E-state index contributed by atoms with van der Waals surface area (Å²) >= 11 is 0. The third kappa shape index (κ3) is 3.62. The molecule has 0 aliphatic heterocycles. The molecule has 1 aromatic rings. The van der Waals surface area contributed by atoms with Gasteiger partial charge < -0.3 is 14.7 Å². The predicted octanol–water partition coefficient (Wildman–Crippen LogP) is 3.15. The molecule has 4 nitrogen and oxygen atoms in total. The average Bonchev–Trinajstić information content (AvgIpc) is 2.48. The Balaban J connectivity index is 2.05. The van der Waals surface area contributed by atoms with Gasteiger partial charge in [-0.25, -0.2) is 4.39 Å². The Labute approximate surface area is 123 Å². The highest BCUT2D eigenvalue weighted by Crippen LogP contribution is 2.24. The largest absolute Gasteiger partial charge is 0.508 e. The lowest BCUT2D eigenvalue weighted by molar-refractivity contribution is -0.135. The number of ether oxygens (including phenoxy) is 1. The van der Waals surface area contributed by atoms with Gasteiger partial charge in [-0.2, -0.15) is 0 Å². The Morgan fingerprint density at radius 1 is 1.38 bits per heavy atom. The van der Waals surface area contributed by atoms with E-state index in [0.29, 0.717) is 24.3 Å². The molecule has 0 aromatic heterocycles. The topological polar surface area (TPSA) is 49.8 Å². The number of phenolic OH excluding ortho intramolecular Hbond substituents is 1. The van der Waals surface area contributed by atoms with Gasteiger partial charge in [-0.15, -0.1) is 0 Å². The van der Waals surface area contributed by atoms with Gasteiger partial charge in [0.05, 0.1) is 5.70 Å². The summed E-state index contributed by atoms with van der Waals surface area (Å²) in [5.41, 5.74) is 0.378. The van der Waals surface area contributed by atoms with E-state index in [-0.39, 0.29) is 17.5 Å². The minimum Gasteiger partial charge on any atom is -0.508 e. The van der Waals surface area contributed by atoms with Gasteiger partial charge in [0.2, 0.25) is 0 Å². The monoisotopic (exact) mass is 291 g/mol. The van der Waals surface area contributed by atoms with E-state index in [0.717, 1.165) is 0 Å². The highest BCUT2D eigenvalue weighted by Gasteiger charge is 2.24. The number of nitrogens with zero attached hydrogens (tertiary/aromatic N) is 1. The van der Waals surface area contributed by atoms with Crippen molar-refractivity contribution in [2.75, 3.05) is 7.05 Å². The highest BCUT2D eigenvalue weighted by atomic mass is 19.1. The summed E-state index contributed by atoms with van der Waals surface area (Å²) in [5.74, 6) is -0.0998. The maximum absolute atomic E-state index is 13.7. The second-order valence-electron chi connectivity index (χ2n) is 4.89. The standard InChI is InChI=1S/C16H18FNO3/c1-11(21-13-9-7-12(19)8-10-13)16(20)18(2)15-6-4-3-5-14(15)17/h3,5,7-11,19H,4,6H2,1-2H3. The van der Waals surface area contributed by atoms with E-state index >= 15 is 0 Å². The smallest absolute Gasteiger partial charge is 0.267 e. The number of hydrogen-bond donors (Lipinski definition) is 1. The lowest BCUT2D eigenvalue weighted by Gasteiger charge is -2.25. The Morgan fingerprint density at radius 3 is 2.67 bits per heavy atom. The van der Waals surface area contributed by atoms with Crippen molar-refractivity contribution in [3.05, 3.63) is 47.9 Å². The molecule has 0 saturated heterocycles. The van der Waals surface area contributed by atoms with Crippen LogP contribution in [-0.4, -0.2) is 29.1 Å². The van der Waals surface area contributed by atoms with Crippen LogP contribution < -0.4 is 4.74 Å². The maximum atomic E-state index is 13.7. The van der Waals surface area contributed by atoms with E-state index in [1.54, 1.807) is 32.2 Å². The number of benzene rings is 1. The van der Waals surface area contributed by atoms with Gasteiger partial charge in [0, 0.05) is 7.05 Å². The first kappa shape index (κ1) is 15.1. The summed E-state index contributed by atoms with van der Waals surface area (Å²) in [5, 5.41) is 9.20. The van der Waals surface area contributed by atoms with Crippen LogP contribution in [0.4, 0.5) is 4.39 Å². The molecule has 1 amide bonds. The van der Waals surface area contributed by atoms with Gasteiger partial charge in [-0.05, 0) is 50.1 Å². The molecule has 0 fully saturated rings. The van der Waals surface area contributed by atoms with Gasteiger partial charge in [-0.1, -0.05) is 6.08 Å². The Morgan fingerprint density at radius 2 is 2.05 bits per heavy atom. The van der Waals surface area contributed by atoms with E-state index in [4.69, 9.17) is 4.74 Å². The van der Waals surface area contributed by atoms with E-state index < -0.39 is 6.10 Å². The third-order valence-electron chi connectivity index (χ3n) is 3.32. The van der Waals surface area contributed by atoms with E-state index in [1.165, 1.54) is 23.1 Å². The Hall–Kier alpha value is -2.30. The van der Waals surface area contributed by atoms with Crippen molar-refractivity contribution in [2.24, 2.45) is 0 Å². The van der Waals surface area contributed by atoms with Crippen LogP contribution in [0, 0.1) is 0 Å². The minimum atomic E-state index is -0.745. The molecule has 0 bridgehead atoms. The molecule has 0 saturated carbocycles. The van der Waals surface area contributed by atoms with Crippen LogP contribution in [0.15, 0.2) is 47.9 Å². The number of carbonyl (C=O) groups is 1. The summed E-state index contributed by atoms with van der Waals surface area (Å²) < 4.78 is 19.2. The first-order chi connectivity index (χ1) is 9.99. The van der Waals surface area contributed by atoms with E-state index in [1.807, 2.05) is 0 Å². The average molecular weight is 291 g/mol. The van der Waals surface area contributed by atoms with Crippen LogP contribution >= 0.6 is 0 Å². The zero-order valence-corrected chi connectivity index (χ0v) is 12.0. The quantitative estimate of drug-likeness (QED) is 0.927. The molecule has 1 atom stereocenters. The molecule has 2 rings (SSSR count). The van der Waals surface area contributed by atoms with Crippen LogP contribution in [0.2, 0.25) is 0 Å². The zero-order valence-electron chi connectivity index (χ0n) is 12.0. The Bertz CT molecular complexity index is 578. The second kappa shape index (κ2) is 6.43. The summed E-state index contributed by atoms with van der Waals surface area (Å²) in [6, 6.07) is 6.10. The number of likely N-dealkylation sites (N-methyl/N-ethyl adjacent to an activating group) is 1. The molecule has 0 spiro atoms. The first-order valence-electron chi connectivity index (χ1n) is 6.77. The van der Waals surface area contributed by atoms with Crippen molar-refractivity contribution in [1.82, 2.24) is 4.90 Å². The van der Waals surface area contributed by atoms with Crippen LogP contribution in [0.5, 0.6) is 11.5 Å². The van der Waals surface area contributed by atoms with Gasteiger partial charge in [0.15, 0.2) is 6.10 Å². The molecule has 112 valence electrons. The van der Waals surface area contributed by atoms with Crippen LogP contribution in [0.25, 0.3) is 0 Å². The highest BCUT2D eigenvalue weighted by molar-refractivity contribution is 5.82. The SMILES string of the molecule is CC(Oc1ccc(O)cc1)C(=O)N(C)C1=C(F)C=CCC1. The summed E-state index contributed by atoms with van der Waals surface area (Å²) in [6.45, 7) is 1.61. The molecular formula is C16H18FNO3. The molecule has 0 radical (unpaired) electrons. The van der Waals surface area contributed by atoms with Crippen molar-refractivity contribution in [3.8, 4) is 11.5 Å². The number of halogens is 1. The van der Waals surface area contributed by atoms with Crippen LogP contribution in [0.1, 0.15) is 19.8 Å². The number of carbonyl (C=O) groups excluding carboxylic acids is 1. The molecule has 1 aliphatic rings. The van der Waals surface area contributed by atoms with Crippen LogP contribution in [0.3, 0.4) is 0 Å². The normalized spacial score (nSPS) is 15.8. The zero-order chi connectivity index (χ0) is 15.4.